The zero-order chi connectivity index (χ0) is 17.0. The van der Waals surface area contributed by atoms with Crippen LogP contribution in [0.1, 0.15) is 17.7 Å². The molecule has 1 aromatic heterocycles. The number of para-hydroxylation sites is 2. The summed E-state index contributed by atoms with van der Waals surface area (Å²) in [4.78, 5) is 13.0. The van der Waals surface area contributed by atoms with Gasteiger partial charge in [-0.3, -0.25) is 4.79 Å². The number of benzene rings is 1. The number of carbonyl (C=O) groups is 1. The number of hydrogen-bond donors (Lipinski definition) is 2. The Morgan fingerprint density at radius 2 is 2.04 bits per heavy atom. The third-order valence-electron chi connectivity index (χ3n) is 4.18. The number of amides is 1. The Hall–Kier alpha value is -2.05. The lowest BCUT2D eigenvalue weighted by atomic mass is 9.95. The van der Waals surface area contributed by atoms with Gasteiger partial charge in [-0.2, -0.15) is 0 Å². The fraction of sp³-hybridized carbons (Fsp3) is 0.389. The van der Waals surface area contributed by atoms with Crippen molar-refractivity contribution in [3.63, 3.8) is 0 Å². The molecule has 1 aliphatic rings. The molecule has 0 radical (unpaired) electrons. The highest BCUT2D eigenvalue weighted by Crippen LogP contribution is 2.46. The fourth-order valence-electron chi connectivity index (χ4n) is 2.68. The molecule has 1 saturated carbocycles. The first-order valence-corrected chi connectivity index (χ1v) is 8.80. The van der Waals surface area contributed by atoms with Crippen LogP contribution in [-0.4, -0.2) is 31.3 Å². The fourth-order valence-corrected chi connectivity index (χ4v) is 3.59. The predicted molar refractivity (Wildman–Crippen MR) is 92.4 cm³/mol. The van der Waals surface area contributed by atoms with E-state index in [2.05, 4.69) is 5.32 Å². The molecule has 0 bridgehead atoms. The number of hydrogen-bond acceptors (Lipinski definition) is 5. The summed E-state index contributed by atoms with van der Waals surface area (Å²) in [5, 5.41) is 15.7. The number of carbonyl (C=O) groups excluding carboxylic acids is 1. The lowest BCUT2D eigenvalue weighted by molar-refractivity contribution is -0.124. The van der Waals surface area contributed by atoms with Crippen LogP contribution >= 0.6 is 11.3 Å². The molecule has 1 amide bonds. The van der Waals surface area contributed by atoms with Gasteiger partial charge in [-0.25, -0.2) is 0 Å². The average molecular weight is 347 g/mol. The highest BCUT2D eigenvalue weighted by Gasteiger charge is 2.45. The van der Waals surface area contributed by atoms with E-state index in [-0.39, 0.29) is 25.0 Å². The zero-order valence-corrected chi connectivity index (χ0v) is 14.3. The van der Waals surface area contributed by atoms with Crippen LogP contribution in [0.2, 0.25) is 0 Å². The molecular weight excluding hydrogens is 326 g/mol. The summed E-state index contributed by atoms with van der Waals surface area (Å²) < 4.78 is 10.7. The second-order valence-corrected chi connectivity index (χ2v) is 6.84. The largest absolute Gasteiger partial charge is 0.493 e. The molecule has 0 unspecified atom stereocenters. The molecule has 24 heavy (non-hydrogen) atoms. The first-order chi connectivity index (χ1) is 11.6. The maximum absolute atomic E-state index is 12.1. The van der Waals surface area contributed by atoms with E-state index < -0.39 is 5.60 Å². The average Bonchev–Trinajstić information content (AvgIpc) is 3.33. The van der Waals surface area contributed by atoms with Gasteiger partial charge in [-0.15, -0.1) is 11.3 Å². The molecule has 2 N–H and O–H groups in total. The van der Waals surface area contributed by atoms with Crippen molar-refractivity contribution < 1.29 is 19.4 Å². The van der Waals surface area contributed by atoms with Crippen molar-refractivity contribution in [2.45, 2.75) is 18.4 Å². The molecule has 5 nitrogen and oxygen atoms in total. The third kappa shape index (κ3) is 3.71. The molecule has 0 spiro atoms. The SMILES string of the molecule is COc1ccccc1OCC(=O)NC[C@](O)(c1cccs1)C1CC1. The van der Waals surface area contributed by atoms with E-state index >= 15 is 0 Å². The van der Waals surface area contributed by atoms with Crippen molar-refractivity contribution >= 4 is 17.2 Å². The standard InChI is InChI=1S/C18H21NO4S/c1-22-14-5-2-3-6-15(14)23-11-17(20)19-12-18(21,13-8-9-13)16-7-4-10-24-16/h2-7,10,13,21H,8-9,11-12H2,1H3,(H,19,20)/t18-/m1/s1. The van der Waals surface area contributed by atoms with Crippen LogP contribution in [0.5, 0.6) is 11.5 Å². The molecule has 1 aliphatic carbocycles. The van der Waals surface area contributed by atoms with Gasteiger partial charge in [0.1, 0.15) is 5.60 Å². The molecule has 1 aromatic carbocycles. The Kier molecular flexibility index (Phi) is 5.06. The summed E-state index contributed by atoms with van der Waals surface area (Å²) in [5.41, 5.74) is -0.978. The summed E-state index contributed by atoms with van der Waals surface area (Å²) in [7, 11) is 1.55. The lowest BCUT2D eigenvalue weighted by Gasteiger charge is -2.27. The molecule has 3 rings (SSSR count). The number of ether oxygens (including phenoxy) is 2. The monoisotopic (exact) mass is 347 g/mol. The van der Waals surface area contributed by atoms with Crippen LogP contribution in [0, 0.1) is 5.92 Å². The number of methoxy groups -OCH3 is 1. The van der Waals surface area contributed by atoms with Crippen LogP contribution in [-0.2, 0) is 10.4 Å². The van der Waals surface area contributed by atoms with Gasteiger partial charge in [0.2, 0.25) is 0 Å². The topological polar surface area (TPSA) is 67.8 Å². The molecule has 1 atom stereocenters. The van der Waals surface area contributed by atoms with Gasteiger partial charge in [0.05, 0.1) is 13.7 Å². The number of aliphatic hydroxyl groups is 1. The normalized spacial score (nSPS) is 16.2. The first kappa shape index (κ1) is 16.8. The van der Waals surface area contributed by atoms with Crippen LogP contribution in [0.4, 0.5) is 0 Å². The van der Waals surface area contributed by atoms with E-state index in [0.29, 0.717) is 11.5 Å². The van der Waals surface area contributed by atoms with E-state index in [1.165, 1.54) is 11.3 Å². The molecule has 1 heterocycles. The Labute approximate surface area is 145 Å². The minimum Gasteiger partial charge on any atom is -0.493 e. The van der Waals surface area contributed by atoms with Gasteiger partial charge in [0.25, 0.3) is 5.91 Å². The molecule has 6 heteroatoms. The number of rotatable bonds is 8. The van der Waals surface area contributed by atoms with Gasteiger partial charge in [-0.05, 0) is 42.3 Å². The summed E-state index contributed by atoms with van der Waals surface area (Å²) in [6.07, 6.45) is 1.98. The van der Waals surface area contributed by atoms with Gasteiger partial charge >= 0.3 is 0 Å². The predicted octanol–water partition coefficient (Wildman–Crippen LogP) is 2.55. The maximum atomic E-state index is 12.1. The molecule has 128 valence electrons. The Balaban J connectivity index is 1.55. The minimum atomic E-state index is -0.978. The van der Waals surface area contributed by atoms with E-state index in [0.717, 1.165) is 17.7 Å². The Morgan fingerprint density at radius 3 is 2.67 bits per heavy atom. The summed E-state index contributed by atoms with van der Waals surface area (Å²) in [6.45, 7) is 0.0812. The highest BCUT2D eigenvalue weighted by molar-refractivity contribution is 7.10. The lowest BCUT2D eigenvalue weighted by Crippen LogP contribution is -2.43. The molecule has 0 saturated heterocycles. The van der Waals surface area contributed by atoms with Crippen molar-refractivity contribution in [3.05, 3.63) is 46.7 Å². The smallest absolute Gasteiger partial charge is 0.258 e. The number of nitrogens with one attached hydrogen (secondary N) is 1. The molecule has 1 fully saturated rings. The van der Waals surface area contributed by atoms with E-state index in [1.54, 1.807) is 19.2 Å². The van der Waals surface area contributed by atoms with Crippen LogP contribution in [0.25, 0.3) is 0 Å². The van der Waals surface area contributed by atoms with Gasteiger partial charge in [0, 0.05) is 4.88 Å². The van der Waals surface area contributed by atoms with Gasteiger partial charge in [-0.1, -0.05) is 18.2 Å². The van der Waals surface area contributed by atoms with Gasteiger partial charge in [0.15, 0.2) is 18.1 Å². The van der Waals surface area contributed by atoms with Crippen molar-refractivity contribution in [2.24, 2.45) is 5.92 Å². The second kappa shape index (κ2) is 7.23. The third-order valence-corrected chi connectivity index (χ3v) is 5.22. The van der Waals surface area contributed by atoms with Crippen LogP contribution in [0.15, 0.2) is 41.8 Å². The first-order valence-electron chi connectivity index (χ1n) is 7.92. The Morgan fingerprint density at radius 1 is 1.29 bits per heavy atom. The molecule has 2 aromatic rings. The molecular formula is C18H21NO4S. The van der Waals surface area contributed by atoms with Crippen molar-refractivity contribution in [1.82, 2.24) is 5.32 Å². The van der Waals surface area contributed by atoms with Crippen molar-refractivity contribution in [2.75, 3.05) is 20.3 Å². The van der Waals surface area contributed by atoms with E-state index in [4.69, 9.17) is 9.47 Å². The number of thiophene rings is 1. The van der Waals surface area contributed by atoms with Crippen molar-refractivity contribution in [3.8, 4) is 11.5 Å². The van der Waals surface area contributed by atoms with Crippen LogP contribution < -0.4 is 14.8 Å². The quantitative estimate of drug-likeness (QED) is 0.770. The Bertz CT molecular complexity index is 684. The maximum Gasteiger partial charge on any atom is 0.258 e. The highest BCUT2D eigenvalue weighted by atomic mass is 32.1. The minimum absolute atomic E-state index is 0.119. The molecule has 0 aliphatic heterocycles. The van der Waals surface area contributed by atoms with E-state index in [1.807, 2.05) is 29.6 Å². The summed E-state index contributed by atoms with van der Waals surface area (Å²) in [5.74, 6) is 1.05. The van der Waals surface area contributed by atoms with Crippen molar-refractivity contribution in [1.29, 1.82) is 0 Å². The van der Waals surface area contributed by atoms with E-state index in [9.17, 15) is 9.90 Å². The summed E-state index contributed by atoms with van der Waals surface area (Å²) >= 11 is 1.52. The zero-order valence-electron chi connectivity index (χ0n) is 13.5. The second-order valence-electron chi connectivity index (χ2n) is 5.89. The summed E-state index contributed by atoms with van der Waals surface area (Å²) in [6, 6.07) is 11.0. The van der Waals surface area contributed by atoms with Gasteiger partial charge < -0.3 is 19.9 Å². The van der Waals surface area contributed by atoms with Crippen LogP contribution in [0.3, 0.4) is 0 Å².